The minimum absolute atomic E-state index is 0.00160. The summed E-state index contributed by atoms with van der Waals surface area (Å²) in [5.74, 6) is -0.00160. The molecule has 0 heterocycles. The smallest absolute Gasteiger partial charge is 0.312 e. The van der Waals surface area contributed by atoms with Gasteiger partial charge in [-0.3, -0.25) is 14.4 Å². The first-order chi connectivity index (χ1) is 13.4. The Kier molecular flexibility index (Phi) is 5.60. The normalized spacial score (nSPS) is 11.0. The van der Waals surface area contributed by atoms with E-state index in [1.54, 1.807) is 30.3 Å². The van der Waals surface area contributed by atoms with Gasteiger partial charge in [0.2, 0.25) is 0 Å². The molecule has 0 saturated carbocycles. The molecule has 0 saturated heterocycles. The SMILES string of the molecule is COc1ccc(S(=O)(=O)N(Cc2ccccc2)c2ccccc2)cc1[N+](=O)[O-]. The molecule has 0 aliphatic heterocycles. The Labute approximate surface area is 163 Å². The van der Waals surface area contributed by atoms with Crippen molar-refractivity contribution in [2.45, 2.75) is 11.4 Å². The second-order valence-electron chi connectivity index (χ2n) is 5.92. The zero-order valence-electron chi connectivity index (χ0n) is 15.1. The standard InChI is InChI=1S/C20H18N2O5S/c1-27-20-13-12-18(14-19(20)22(23)24)28(25,26)21(17-10-6-3-7-11-17)15-16-8-4-2-5-9-16/h2-14H,15H2,1H3. The quantitative estimate of drug-likeness (QED) is 0.443. The van der Waals surface area contributed by atoms with Crippen molar-refractivity contribution in [1.29, 1.82) is 0 Å². The molecule has 144 valence electrons. The van der Waals surface area contributed by atoms with Crippen LogP contribution in [0, 0.1) is 10.1 Å². The number of nitro groups is 1. The van der Waals surface area contributed by atoms with Crippen molar-refractivity contribution in [1.82, 2.24) is 0 Å². The molecule has 0 N–H and O–H groups in total. The molecule has 0 aliphatic carbocycles. The van der Waals surface area contributed by atoms with Gasteiger partial charge >= 0.3 is 5.69 Å². The lowest BCUT2D eigenvalue weighted by molar-refractivity contribution is -0.386. The lowest BCUT2D eigenvalue weighted by Crippen LogP contribution is -2.30. The van der Waals surface area contributed by atoms with E-state index in [0.29, 0.717) is 5.69 Å². The van der Waals surface area contributed by atoms with Crippen molar-refractivity contribution in [3.8, 4) is 5.75 Å². The van der Waals surface area contributed by atoms with E-state index in [2.05, 4.69) is 0 Å². The molecular weight excluding hydrogens is 380 g/mol. The number of methoxy groups -OCH3 is 1. The Bertz CT molecular complexity index is 1070. The minimum atomic E-state index is -4.06. The number of nitro benzene ring substituents is 1. The van der Waals surface area contributed by atoms with Gasteiger partial charge in [-0.1, -0.05) is 48.5 Å². The molecule has 0 fully saturated rings. The highest BCUT2D eigenvalue weighted by molar-refractivity contribution is 7.92. The van der Waals surface area contributed by atoms with Crippen LogP contribution in [0.4, 0.5) is 11.4 Å². The van der Waals surface area contributed by atoms with Crippen molar-refractivity contribution in [2.75, 3.05) is 11.4 Å². The number of rotatable bonds is 7. The Morgan fingerprint density at radius 1 is 0.964 bits per heavy atom. The van der Waals surface area contributed by atoms with E-state index in [1.807, 2.05) is 30.3 Å². The van der Waals surface area contributed by atoms with Crippen LogP contribution in [0.25, 0.3) is 0 Å². The molecule has 0 amide bonds. The molecule has 0 radical (unpaired) electrons. The average molecular weight is 398 g/mol. The molecule has 0 atom stereocenters. The number of anilines is 1. The van der Waals surface area contributed by atoms with E-state index in [9.17, 15) is 18.5 Å². The van der Waals surface area contributed by atoms with Gasteiger partial charge in [0.25, 0.3) is 10.0 Å². The summed E-state index contributed by atoms with van der Waals surface area (Å²) in [5.41, 5.74) is 0.846. The lowest BCUT2D eigenvalue weighted by Gasteiger charge is -2.24. The van der Waals surface area contributed by atoms with Gasteiger partial charge in [0.1, 0.15) is 0 Å². The predicted molar refractivity (Wildman–Crippen MR) is 106 cm³/mol. The van der Waals surface area contributed by atoms with E-state index in [4.69, 9.17) is 4.74 Å². The summed E-state index contributed by atoms with van der Waals surface area (Å²) >= 11 is 0. The van der Waals surface area contributed by atoms with E-state index in [-0.39, 0.29) is 17.2 Å². The first-order valence-corrected chi connectivity index (χ1v) is 9.81. The molecule has 0 aliphatic rings. The molecule has 0 unspecified atom stereocenters. The topological polar surface area (TPSA) is 89.8 Å². The summed E-state index contributed by atoms with van der Waals surface area (Å²) in [4.78, 5) is 10.5. The number of nitrogens with zero attached hydrogens (tertiary/aromatic N) is 2. The summed E-state index contributed by atoms with van der Waals surface area (Å²) in [7, 11) is -2.77. The van der Waals surface area contributed by atoms with Crippen molar-refractivity contribution in [2.24, 2.45) is 0 Å². The fourth-order valence-corrected chi connectivity index (χ4v) is 4.23. The summed E-state index contributed by atoms with van der Waals surface area (Å²) in [5, 5.41) is 11.3. The van der Waals surface area contributed by atoms with Crippen molar-refractivity contribution >= 4 is 21.4 Å². The van der Waals surface area contributed by atoms with Crippen LogP contribution in [0.1, 0.15) is 5.56 Å². The number of para-hydroxylation sites is 1. The van der Waals surface area contributed by atoms with Crippen LogP contribution >= 0.6 is 0 Å². The highest BCUT2D eigenvalue weighted by atomic mass is 32.2. The monoisotopic (exact) mass is 398 g/mol. The van der Waals surface area contributed by atoms with E-state index in [0.717, 1.165) is 11.6 Å². The molecule has 8 heteroatoms. The van der Waals surface area contributed by atoms with Crippen LogP contribution in [-0.2, 0) is 16.6 Å². The number of hydrogen-bond donors (Lipinski definition) is 0. The third-order valence-corrected chi connectivity index (χ3v) is 5.92. The van der Waals surface area contributed by atoms with Crippen LogP contribution < -0.4 is 9.04 Å². The molecule has 0 aromatic heterocycles. The number of ether oxygens (including phenoxy) is 1. The Balaban J connectivity index is 2.11. The van der Waals surface area contributed by atoms with Gasteiger partial charge in [-0.25, -0.2) is 8.42 Å². The minimum Gasteiger partial charge on any atom is -0.490 e. The highest BCUT2D eigenvalue weighted by Crippen LogP contribution is 2.32. The maximum atomic E-state index is 13.4. The van der Waals surface area contributed by atoms with E-state index >= 15 is 0 Å². The molecule has 3 rings (SSSR count). The zero-order valence-corrected chi connectivity index (χ0v) is 15.9. The molecule has 7 nitrogen and oxygen atoms in total. The van der Waals surface area contributed by atoms with Crippen molar-refractivity contribution < 1.29 is 18.1 Å². The number of sulfonamides is 1. The van der Waals surface area contributed by atoms with Crippen LogP contribution in [0.5, 0.6) is 5.75 Å². The second-order valence-corrected chi connectivity index (χ2v) is 7.79. The van der Waals surface area contributed by atoms with Gasteiger partial charge in [0.05, 0.1) is 29.2 Å². The molecule has 28 heavy (non-hydrogen) atoms. The Morgan fingerprint density at radius 3 is 2.14 bits per heavy atom. The van der Waals surface area contributed by atoms with Crippen molar-refractivity contribution in [3.63, 3.8) is 0 Å². The van der Waals surface area contributed by atoms with E-state index in [1.165, 1.54) is 23.5 Å². The predicted octanol–water partition coefficient (Wildman–Crippen LogP) is 4.00. The first-order valence-electron chi connectivity index (χ1n) is 8.37. The molecule has 0 spiro atoms. The summed E-state index contributed by atoms with van der Waals surface area (Å²) in [6.07, 6.45) is 0. The van der Waals surface area contributed by atoms with Gasteiger partial charge in [-0.05, 0) is 29.8 Å². The van der Waals surface area contributed by atoms with Crippen molar-refractivity contribution in [3.05, 3.63) is 94.5 Å². The molecule has 0 bridgehead atoms. The summed E-state index contributed by atoms with van der Waals surface area (Å²) < 4.78 is 32.9. The van der Waals surface area contributed by atoms with Crippen LogP contribution in [0.15, 0.2) is 83.8 Å². The highest BCUT2D eigenvalue weighted by Gasteiger charge is 2.28. The van der Waals surface area contributed by atoms with Gasteiger partial charge in [0, 0.05) is 6.07 Å². The fourth-order valence-electron chi connectivity index (χ4n) is 2.76. The summed E-state index contributed by atoms with van der Waals surface area (Å²) in [6, 6.07) is 21.4. The van der Waals surface area contributed by atoms with Crippen LogP contribution in [-0.4, -0.2) is 20.5 Å². The Hall–Kier alpha value is -3.39. The molecular formula is C20H18N2O5S. The van der Waals surface area contributed by atoms with Gasteiger partial charge < -0.3 is 4.74 Å². The molecule has 3 aromatic carbocycles. The third kappa shape index (κ3) is 3.96. The Morgan fingerprint density at radius 2 is 1.57 bits per heavy atom. The average Bonchev–Trinajstić information content (AvgIpc) is 2.72. The van der Waals surface area contributed by atoms with Gasteiger partial charge in [-0.15, -0.1) is 0 Å². The van der Waals surface area contributed by atoms with E-state index < -0.39 is 20.6 Å². The number of benzene rings is 3. The van der Waals surface area contributed by atoms with Crippen LogP contribution in [0.2, 0.25) is 0 Å². The maximum absolute atomic E-state index is 13.4. The number of hydrogen-bond acceptors (Lipinski definition) is 5. The van der Waals surface area contributed by atoms with Gasteiger partial charge in [0.15, 0.2) is 5.75 Å². The third-order valence-electron chi connectivity index (χ3n) is 4.15. The zero-order chi connectivity index (χ0) is 20.1. The fraction of sp³-hybridized carbons (Fsp3) is 0.100. The second kappa shape index (κ2) is 8.10. The summed E-state index contributed by atoms with van der Waals surface area (Å²) in [6.45, 7) is 0.0903. The lowest BCUT2D eigenvalue weighted by atomic mass is 10.2. The maximum Gasteiger partial charge on any atom is 0.312 e. The molecule has 3 aromatic rings. The van der Waals surface area contributed by atoms with Gasteiger partial charge in [-0.2, -0.15) is 0 Å². The van der Waals surface area contributed by atoms with Crippen LogP contribution in [0.3, 0.4) is 0 Å². The largest absolute Gasteiger partial charge is 0.490 e. The first kappa shape index (κ1) is 19.4.